The first-order valence-corrected chi connectivity index (χ1v) is 11.0. The monoisotopic (exact) mass is 493 g/mol. The largest absolute Gasteiger partial charge is 0.356 e. The molecular formula is C19H32IN3O2S. The van der Waals surface area contributed by atoms with Gasteiger partial charge in [-0.2, -0.15) is 0 Å². The highest BCUT2D eigenvalue weighted by atomic mass is 127. The van der Waals surface area contributed by atoms with Crippen molar-refractivity contribution >= 4 is 39.8 Å². The maximum absolute atomic E-state index is 11.5. The molecule has 0 aromatic heterocycles. The summed E-state index contributed by atoms with van der Waals surface area (Å²) in [5.41, 5.74) is 1.02. The van der Waals surface area contributed by atoms with Gasteiger partial charge in [-0.1, -0.05) is 38.3 Å². The van der Waals surface area contributed by atoms with Crippen molar-refractivity contribution < 1.29 is 8.42 Å². The van der Waals surface area contributed by atoms with Gasteiger partial charge in [0.05, 0.1) is 4.90 Å². The Morgan fingerprint density at radius 2 is 1.88 bits per heavy atom. The van der Waals surface area contributed by atoms with E-state index in [1.54, 1.807) is 19.2 Å². The van der Waals surface area contributed by atoms with E-state index in [-0.39, 0.29) is 24.0 Å². The average Bonchev–Trinajstić information content (AvgIpc) is 2.57. The zero-order chi connectivity index (χ0) is 18.3. The van der Waals surface area contributed by atoms with Crippen molar-refractivity contribution in [3.05, 3.63) is 29.8 Å². The smallest absolute Gasteiger partial charge is 0.191 e. The van der Waals surface area contributed by atoms with Gasteiger partial charge in [-0.05, 0) is 42.4 Å². The number of benzene rings is 1. The van der Waals surface area contributed by atoms with Crippen LogP contribution in [0.4, 0.5) is 0 Å². The molecule has 0 amide bonds. The Labute approximate surface area is 175 Å². The van der Waals surface area contributed by atoms with Gasteiger partial charge in [-0.25, -0.2) is 8.42 Å². The second-order valence-corrected chi connectivity index (χ2v) is 9.21. The van der Waals surface area contributed by atoms with Gasteiger partial charge in [-0.15, -0.1) is 24.0 Å². The Balaban J connectivity index is 0.00000338. The molecule has 5 nitrogen and oxygen atoms in total. The van der Waals surface area contributed by atoms with E-state index < -0.39 is 9.84 Å². The molecule has 1 saturated carbocycles. The quantitative estimate of drug-likeness (QED) is 0.361. The Morgan fingerprint density at radius 3 is 2.46 bits per heavy atom. The fraction of sp³-hybridized carbons (Fsp3) is 0.632. The fourth-order valence-electron chi connectivity index (χ4n) is 3.48. The summed E-state index contributed by atoms with van der Waals surface area (Å²) in [6.45, 7) is 3.91. The van der Waals surface area contributed by atoms with Crippen LogP contribution in [-0.4, -0.2) is 34.2 Å². The molecule has 1 aliphatic carbocycles. The molecule has 2 atom stereocenters. The van der Waals surface area contributed by atoms with E-state index in [1.165, 1.54) is 38.4 Å². The van der Waals surface area contributed by atoms with Crippen LogP contribution in [0.3, 0.4) is 0 Å². The summed E-state index contributed by atoms with van der Waals surface area (Å²) in [6, 6.07) is 6.96. The number of hydrogen-bond donors (Lipinski definition) is 2. The molecule has 1 aliphatic rings. The van der Waals surface area contributed by atoms with Crippen LogP contribution in [0.1, 0.15) is 44.6 Å². The van der Waals surface area contributed by atoms with Crippen molar-refractivity contribution in [2.75, 3.05) is 19.8 Å². The molecule has 0 radical (unpaired) electrons. The molecule has 0 aliphatic heterocycles. The van der Waals surface area contributed by atoms with E-state index >= 15 is 0 Å². The molecule has 0 heterocycles. The Hall–Kier alpha value is -0.830. The zero-order valence-corrected chi connectivity index (χ0v) is 19.1. The maximum atomic E-state index is 11.5. The molecule has 0 spiro atoms. The lowest BCUT2D eigenvalue weighted by molar-refractivity contribution is 0.270. The molecular weight excluding hydrogens is 461 g/mol. The fourth-order valence-corrected chi connectivity index (χ4v) is 4.11. The van der Waals surface area contributed by atoms with Crippen molar-refractivity contribution in [1.82, 2.24) is 10.6 Å². The lowest BCUT2D eigenvalue weighted by Crippen LogP contribution is -2.38. The molecule has 2 rings (SSSR count). The Kier molecular flexibility index (Phi) is 9.92. The molecule has 1 fully saturated rings. The predicted octanol–water partition coefficient (Wildman–Crippen LogP) is 3.59. The number of hydrogen-bond acceptors (Lipinski definition) is 3. The van der Waals surface area contributed by atoms with Crippen LogP contribution >= 0.6 is 24.0 Å². The molecule has 0 saturated heterocycles. The second-order valence-electron chi connectivity index (χ2n) is 7.20. The highest BCUT2D eigenvalue weighted by molar-refractivity contribution is 14.0. The summed E-state index contributed by atoms with van der Waals surface area (Å²) >= 11 is 0. The lowest BCUT2D eigenvalue weighted by atomic mass is 9.81. The maximum Gasteiger partial charge on any atom is 0.191 e. The minimum absolute atomic E-state index is 0. The number of aliphatic imine (C=N–C) groups is 1. The van der Waals surface area contributed by atoms with Crippen LogP contribution in [0.5, 0.6) is 0 Å². The summed E-state index contributed by atoms with van der Waals surface area (Å²) < 4.78 is 23.0. The number of sulfone groups is 1. The number of guanidine groups is 1. The van der Waals surface area contributed by atoms with E-state index in [2.05, 4.69) is 22.5 Å². The highest BCUT2D eigenvalue weighted by Gasteiger charge is 2.18. The van der Waals surface area contributed by atoms with E-state index in [0.29, 0.717) is 11.4 Å². The molecule has 2 unspecified atom stereocenters. The van der Waals surface area contributed by atoms with Gasteiger partial charge in [0.15, 0.2) is 15.8 Å². The molecule has 1 aromatic carbocycles. The predicted molar refractivity (Wildman–Crippen MR) is 119 cm³/mol. The van der Waals surface area contributed by atoms with Gasteiger partial charge in [0.1, 0.15) is 0 Å². The van der Waals surface area contributed by atoms with E-state index in [9.17, 15) is 8.42 Å². The van der Waals surface area contributed by atoms with Crippen LogP contribution < -0.4 is 10.6 Å². The number of rotatable bonds is 6. The first kappa shape index (κ1) is 23.2. The standard InChI is InChI=1S/C19H31N3O2S.HI/c1-15-5-4-6-16(13-15)11-12-21-19(20-2)22-14-17-7-9-18(10-8-17)25(3,23)24;/h7-10,15-16H,4-6,11-14H2,1-3H3,(H2,20,21,22);1H. The van der Waals surface area contributed by atoms with E-state index in [4.69, 9.17) is 0 Å². The topological polar surface area (TPSA) is 70.6 Å². The van der Waals surface area contributed by atoms with Crippen LogP contribution in [-0.2, 0) is 16.4 Å². The average molecular weight is 493 g/mol. The third kappa shape index (κ3) is 7.82. The first-order chi connectivity index (χ1) is 11.9. The van der Waals surface area contributed by atoms with Crippen molar-refractivity contribution in [3.8, 4) is 0 Å². The summed E-state index contributed by atoms with van der Waals surface area (Å²) in [4.78, 5) is 4.60. The van der Waals surface area contributed by atoms with Crippen molar-refractivity contribution in [2.24, 2.45) is 16.8 Å². The zero-order valence-electron chi connectivity index (χ0n) is 16.0. The van der Waals surface area contributed by atoms with Gasteiger partial charge >= 0.3 is 0 Å². The Bertz CT molecular complexity index is 675. The summed E-state index contributed by atoms with van der Waals surface area (Å²) in [6.07, 6.45) is 7.85. The normalized spacial score (nSPS) is 21.0. The highest BCUT2D eigenvalue weighted by Crippen LogP contribution is 2.30. The van der Waals surface area contributed by atoms with Crippen LogP contribution in [0.25, 0.3) is 0 Å². The molecule has 26 heavy (non-hydrogen) atoms. The summed E-state index contributed by atoms with van der Waals surface area (Å²) in [5, 5.41) is 6.66. The Morgan fingerprint density at radius 1 is 1.19 bits per heavy atom. The SMILES string of the molecule is CN=C(NCCC1CCCC(C)C1)NCc1ccc(S(C)(=O)=O)cc1.I. The van der Waals surface area contributed by atoms with Crippen molar-refractivity contribution in [1.29, 1.82) is 0 Å². The molecule has 0 bridgehead atoms. The van der Waals surface area contributed by atoms with Gasteiger partial charge in [-0.3, -0.25) is 4.99 Å². The second kappa shape index (κ2) is 11.1. The van der Waals surface area contributed by atoms with Crippen LogP contribution in [0, 0.1) is 11.8 Å². The summed E-state index contributed by atoms with van der Waals surface area (Å²) in [5.74, 6) is 2.49. The molecule has 148 valence electrons. The number of halogens is 1. The third-order valence-corrected chi connectivity index (χ3v) is 6.05. The van der Waals surface area contributed by atoms with Crippen molar-refractivity contribution in [2.45, 2.75) is 50.5 Å². The lowest BCUT2D eigenvalue weighted by Gasteiger charge is -2.26. The minimum Gasteiger partial charge on any atom is -0.356 e. The van der Waals surface area contributed by atoms with Crippen molar-refractivity contribution in [3.63, 3.8) is 0 Å². The number of nitrogens with one attached hydrogen (secondary N) is 2. The van der Waals surface area contributed by atoms with E-state index in [0.717, 1.165) is 29.9 Å². The van der Waals surface area contributed by atoms with Gasteiger partial charge in [0, 0.05) is 26.4 Å². The summed E-state index contributed by atoms with van der Waals surface area (Å²) in [7, 11) is -1.37. The van der Waals surface area contributed by atoms with E-state index in [1.807, 2.05) is 12.1 Å². The first-order valence-electron chi connectivity index (χ1n) is 9.12. The molecule has 7 heteroatoms. The van der Waals surface area contributed by atoms with Crippen LogP contribution in [0.15, 0.2) is 34.2 Å². The number of nitrogens with zero attached hydrogens (tertiary/aromatic N) is 1. The van der Waals surface area contributed by atoms with Gasteiger partial charge < -0.3 is 10.6 Å². The minimum atomic E-state index is -3.14. The third-order valence-electron chi connectivity index (χ3n) is 4.93. The van der Waals surface area contributed by atoms with Crippen LogP contribution in [0.2, 0.25) is 0 Å². The molecule has 1 aromatic rings. The van der Waals surface area contributed by atoms with Gasteiger partial charge in [0.2, 0.25) is 0 Å². The molecule has 2 N–H and O–H groups in total. The van der Waals surface area contributed by atoms with Gasteiger partial charge in [0.25, 0.3) is 0 Å².